The Balaban J connectivity index is 1.56. The number of rotatable bonds is 6. The summed E-state index contributed by atoms with van der Waals surface area (Å²) >= 11 is 0. The van der Waals surface area contributed by atoms with Crippen molar-refractivity contribution in [1.82, 2.24) is 4.72 Å². The molecular weight excluding hydrogens is 374 g/mol. The fraction of sp³-hybridized carbons (Fsp3) is 0.316. The molecule has 0 atom stereocenters. The quantitative estimate of drug-likeness (QED) is 0.790. The molecule has 1 aliphatic rings. The van der Waals surface area contributed by atoms with Gasteiger partial charge in [-0.1, -0.05) is 6.07 Å². The lowest BCUT2D eigenvalue weighted by Crippen LogP contribution is -2.28. The van der Waals surface area contributed by atoms with Gasteiger partial charge in [0, 0.05) is 19.0 Å². The molecule has 0 spiro atoms. The molecule has 2 aromatic rings. The van der Waals surface area contributed by atoms with Gasteiger partial charge in [0.2, 0.25) is 15.9 Å². The lowest BCUT2D eigenvalue weighted by Gasteiger charge is -2.16. The van der Waals surface area contributed by atoms with Gasteiger partial charge in [-0.25, -0.2) is 21.9 Å². The van der Waals surface area contributed by atoms with Crippen molar-refractivity contribution >= 4 is 21.6 Å². The van der Waals surface area contributed by atoms with E-state index in [4.69, 9.17) is 0 Å². The molecule has 0 heterocycles. The molecule has 0 aromatic heterocycles. The number of hydrogen-bond donors (Lipinski definition) is 2. The van der Waals surface area contributed by atoms with E-state index in [9.17, 15) is 22.0 Å². The van der Waals surface area contributed by atoms with Crippen molar-refractivity contribution in [1.29, 1.82) is 0 Å². The number of benzene rings is 2. The van der Waals surface area contributed by atoms with Gasteiger partial charge >= 0.3 is 0 Å². The molecule has 0 saturated heterocycles. The fourth-order valence-electron chi connectivity index (χ4n) is 3.06. The summed E-state index contributed by atoms with van der Waals surface area (Å²) in [6.45, 7) is -0.131. The van der Waals surface area contributed by atoms with Crippen molar-refractivity contribution in [3.05, 3.63) is 59.2 Å². The van der Waals surface area contributed by atoms with Crippen molar-refractivity contribution in [3.8, 4) is 0 Å². The number of anilines is 1. The van der Waals surface area contributed by atoms with Gasteiger partial charge in [-0.15, -0.1) is 0 Å². The Kier molecular flexibility index (Phi) is 5.86. The summed E-state index contributed by atoms with van der Waals surface area (Å²) in [4.78, 5) is 12.0. The number of carbonyl (C=O) groups excluding carboxylic acids is 1. The van der Waals surface area contributed by atoms with Gasteiger partial charge in [0.05, 0.1) is 10.6 Å². The van der Waals surface area contributed by atoms with Crippen LogP contribution in [0.3, 0.4) is 0 Å². The van der Waals surface area contributed by atoms with Crippen LogP contribution in [0.4, 0.5) is 14.5 Å². The number of sulfonamides is 1. The molecule has 27 heavy (non-hydrogen) atoms. The predicted molar refractivity (Wildman–Crippen MR) is 97.9 cm³/mol. The molecule has 0 saturated carbocycles. The molecule has 0 fully saturated rings. The molecule has 0 bridgehead atoms. The smallest absolute Gasteiger partial charge is 0.240 e. The van der Waals surface area contributed by atoms with E-state index in [0.717, 1.165) is 43.4 Å². The van der Waals surface area contributed by atoms with Crippen LogP contribution in [-0.2, 0) is 27.7 Å². The van der Waals surface area contributed by atoms with Gasteiger partial charge in [0.25, 0.3) is 0 Å². The van der Waals surface area contributed by atoms with Crippen LogP contribution in [0.1, 0.15) is 30.4 Å². The standard InChI is InChI=1S/C19H20F2N2O3S/c20-15-6-8-18(17(21)12-15)23-19(24)9-10-22-27(25,26)16-7-5-13-3-1-2-4-14(13)11-16/h5-8,11-12,22H,1-4,9-10H2,(H,23,24). The van der Waals surface area contributed by atoms with Gasteiger partial charge < -0.3 is 5.32 Å². The first-order chi connectivity index (χ1) is 12.8. The number of aryl methyl sites for hydroxylation is 2. The number of halogens is 2. The highest BCUT2D eigenvalue weighted by Gasteiger charge is 2.18. The van der Waals surface area contributed by atoms with Crippen LogP contribution >= 0.6 is 0 Å². The number of nitrogens with one attached hydrogen (secondary N) is 2. The van der Waals surface area contributed by atoms with Crippen LogP contribution < -0.4 is 10.0 Å². The molecular formula is C19H20F2N2O3S. The van der Waals surface area contributed by atoms with E-state index >= 15 is 0 Å². The number of fused-ring (bicyclic) bond motifs is 1. The molecule has 0 radical (unpaired) electrons. The second-order valence-corrected chi connectivity index (χ2v) is 8.22. The predicted octanol–water partition coefficient (Wildman–Crippen LogP) is 3.15. The van der Waals surface area contributed by atoms with Gasteiger partial charge in [0.1, 0.15) is 11.6 Å². The first kappa shape index (κ1) is 19.4. The summed E-state index contributed by atoms with van der Waals surface area (Å²) in [7, 11) is -3.73. The minimum absolute atomic E-state index is 0.131. The third-order valence-electron chi connectivity index (χ3n) is 4.48. The van der Waals surface area contributed by atoms with E-state index in [0.29, 0.717) is 6.07 Å². The van der Waals surface area contributed by atoms with Crippen molar-refractivity contribution in [3.63, 3.8) is 0 Å². The maximum Gasteiger partial charge on any atom is 0.240 e. The fourth-order valence-corrected chi connectivity index (χ4v) is 4.14. The summed E-state index contributed by atoms with van der Waals surface area (Å²) in [6.07, 6.45) is 3.81. The highest BCUT2D eigenvalue weighted by atomic mass is 32.2. The van der Waals surface area contributed by atoms with Gasteiger partial charge in [-0.05, 0) is 61.1 Å². The lowest BCUT2D eigenvalue weighted by molar-refractivity contribution is -0.116. The zero-order chi connectivity index (χ0) is 19.4. The Morgan fingerprint density at radius 2 is 1.74 bits per heavy atom. The van der Waals surface area contributed by atoms with Gasteiger partial charge in [0.15, 0.2) is 0 Å². The van der Waals surface area contributed by atoms with Crippen molar-refractivity contribution in [2.45, 2.75) is 37.0 Å². The van der Waals surface area contributed by atoms with Crippen LogP contribution in [0.15, 0.2) is 41.3 Å². The topological polar surface area (TPSA) is 75.3 Å². The summed E-state index contributed by atoms with van der Waals surface area (Å²) in [6, 6.07) is 7.89. The number of hydrogen-bond acceptors (Lipinski definition) is 3. The van der Waals surface area contributed by atoms with Crippen molar-refractivity contribution in [2.75, 3.05) is 11.9 Å². The van der Waals surface area contributed by atoms with E-state index < -0.39 is 27.6 Å². The minimum Gasteiger partial charge on any atom is -0.324 e. The third-order valence-corrected chi connectivity index (χ3v) is 5.94. The summed E-state index contributed by atoms with van der Waals surface area (Å²) in [5.74, 6) is -2.21. The second-order valence-electron chi connectivity index (χ2n) is 6.46. The molecule has 144 valence electrons. The zero-order valence-corrected chi connectivity index (χ0v) is 15.4. The molecule has 0 aliphatic heterocycles. The summed E-state index contributed by atoms with van der Waals surface area (Å²) in [5, 5.41) is 2.29. The largest absolute Gasteiger partial charge is 0.324 e. The highest BCUT2D eigenvalue weighted by molar-refractivity contribution is 7.89. The zero-order valence-electron chi connectivity index (χ0n) is 14.6. The molecule has 2 N–H and O–H groups in total. The molecule has 5 nitrogen and oxygen atoms in total. The van der Waals surface area contributed by atoms with Crippen LogP contribution in [0.5, 0.6) is 0 Å². The van der Waals surface area contributed by atoms with Gasteiger partial charge in [-0.3, -0.25) is 4.79 Å². The minimum atomic E-state index is -3.73. The molecule has 8 heteroatoms. The second kappa shape index (κ2) is 8.14. The Hall–Kier alpha value is -2.32. The molecule has 0 unspecified atom stereocenters. The Morgan fingerprint density at radius 3 is 2.48 bits per heavy atom. The van der Waals surface area contributed by atoms with Crippen LogP contribution in [-0.4, -0.2) is 20.9 Å². The normalized spacial score (nSPS) is 13.9. The SMILES string of the molecule is O=C(CCNS(=O)(=O)c1ccc2c(c1)CCCC2)Nc1ccc(F)cc1F. The summed E-state index contributed by atoms with van der Waals surface area (Å²) in [5.41, 5.74) is 2.08. The molecule has 2 aromatic carbocycles. The Bertz CT molecular complexity index is 961. The molecule has 1 amide bonds. The van der Waals surface area contributed by atoms with E-state index in [1.54, 1.807) is 12.1 Å². The molecule has 1 aliphatic carbocycles. The van der Waals surface area contributed by atoms with Crippen LogP contribution in [0, 0.1) is 11.6 Å². The van der Waals surface area contributed by atoms with E-state index in [1.165, 1.54) is 5.56 Å². The first-order valence-corrected chi connectivity index (χ1v) is 10.2. The average Bonchev–Trinajstić information content (AvgIpc) is 2.63. The number of carbonyl (C=O) groups is 1. The van der Waals surface area contributed by atoms with Crippen LogP contribution in [0.25, 0.3) is 0 Å². The van der Waals surface area contributed by atoms with E-state index in [1.807, 2.05) is 6.07 Å². The highest BCUT2D eigenvalue weighted by Crippen LogP contribution is 2.24. The van der Waals surface area contributed by atoms with Crippen molar-refractivity contribution < 1.29 is 22.0 Å². The molecule has 3 rings (SSSR count). The first-order valence-electron chi connectivity index (χ1n) is 8.71. The van der Waals surface area contributed by atoms with E-state index in [2.05, 4.69) is 10.0 Å². The Morgan fingerprint density at radius 1 is 1.00 bits per heavy atom. The number of amides is 1. The monoisotopic (exact) mass is 394 g/mol. The maximum atomic E-state index is 13.5. The lowest BCUT2D eigenvalue weighted by atomic mass is 9.92. The summed E-state index contributed by atoms with van der Waals surface area (Å²) < 4.78 is 53.6. The average molecular weight is 394 g/mol. The van der Waals surface area contributed by atoms with E-state index in [-0.39, 0.29) is 23.5 Å². The van der Waals surface area contributed by atoms with Crippen molar-refractivity contribution in [2.24, 2.45) is 0 Å². The maximum absolute atomic E-state index is 13.5. The van der Waals surface area contributed by atoms with Crippen LogP contribution in [0.2, 0.25) is 0 Å². The third kappa shape index (κ3) is 4.90. The Labute approximate surface area is 156 Å². The van der Waals surface area contributed by atoms with Gasteiger partial charge in [-0.2, -0.15) is 0 Å².